The van der Waals surface area contributed by atoms with Crippen LogP contribution in [0.5, 0.6) is 5.75 Å². The van der Waals surface area contributed by atoms with E-state index in [1.807, 2.05) is 11.4 Å². The second-order valence-corrected chi connectivity index (χ2v) is 6.55. The number of hydrogen-bond acceptors (Lipinski definition) is 4. The number of aliphatic carboxylic acids is 1. The fourth-order valence-corrected chi connectivity index (χ4v) is 2.55. The summed E-state index contributed by atoms with van der Waals surface area (Å²) in [6, 6.07) is 10.0. The molecule has 0 saturated carbocycles. The number of hydrogen-bond donors (Lipinski definition) is 1. The molecule has 0 amide bonds. The van der Waals surface area contributed by atoms with Crippen LogP contribution in [0, 0.1) is 0 Å². The third kappa shape index (κ3) is 3.51. The van der Waals surface area contributed by atoms with E-state index in [4.69, 9.17) is 9.84 Å². The molecule has 0 radical (unpaired) electrons. The highest BCUT2D eigenvalue weighted by Gasteiger charge is 2.36. The van der Waals surface area contributed by atoms with Gasteiger partial charge in [-0.05, 0) is 51.6 Å². The maximum absolute atomic E-state index is 12.1. The van der Waals surface area contributed by atoms with Gasteiger partial charge in [0.15, 0.2) is 0 Å². The van der Waals surface area contributed by atoms with Crippen molar-refractivity contribution in [3.8, 4) is 5.75 Å². The van der Waals surface area contributed by atoms with Gasteiger partial charge in [0.2, 0.25) is 5.78 Å². The van der Waals surface area contributed by atoms with Gasteiger partial charge in [-0.1, -0.05) is 13.0 Å². The van der Waals surface area contributed by atoms with Crippen molar-refractivity contribution in [1.82, 2.24) is 0 Å². The molecular weight excluding hydrogens is 356 g/mol. The molecule has 1 atom stereocenters. The van der Waals surface area contributed by atoms with E-state index in [9.17, 15) is 9.59 Å². The maximum Gasteiger partial charge on any atom is 0.359 e. The minimum atomic E-state index is -1.45. The number of carboxylic acids is 1. The lowest BCUT2D eigenvalue weighted by Crippen LogP contribution is -2.37. The average molecular weight is 369 g/mol. The van der Waals surface area contributed by atoms with Crippen LogP contribution >= 0.6 is 27.3 Å². The molecule has 1 N–H and O–H groups in total. The summed E-state index contributed by atoms with van der Waals surface area (Å²) in [6.07, 6.45) is 0.262. The van der Waals surface area contributed by atoms with Gasteiger partial charge < -0.3 is 9.84 Å². The molecule has 110 valence electrons. The molecule has 1 aromatic carbocycles. The Morgan fingerprint density at radius 3 is 2.43 bits per heavy atom. The highest BCUT2D eigenvalue weighted by molar-refractivity contribution is 9.10. The predicted octanol–water partition coefficient (Wildman–Crippen LogP) is 3.94. The number of ketones is 1. The highest BCUT2D eigenvalue weighted by atomic mass is 79.9. The number of benzene rings is 1. The smallest absolute Gasteiger partial charge is 0.359 e. The van der Waals surface area contributed by atoms with E-state index < -0.39 is 10.5 Å². The molecule has 21 heavy (non-hydrogen) atoms. The Morgan fingerprint density at radius 1 is 1.29 bits per heavy atom. The van der Waals surface area contributed by atoms with E-state index >= 15 is 0 Å². The first-order valence-electron chi connectivity index (χ1n) is 6.26. The standard InChI is InChI=1S/C15H13BrO4S/c1-2-15(16,14(18)19)20-11-7-5-10(6-8-11)13(17)12-4-3-9-21-12/h3-9H,2H2,1H3,(H,18,19). The molecule has 0 aliphatic carbocycles. The second kappa shape index (κ2) is 6.41. The van der Waals surface area contributed by atoms with Crippen molar-refractivity contribution < 1.29 is 19.4 Å². The predicted molar refractivity (Wildman–Crippen MR) is 84.4 cm³/mol. The van der Waals surface area contributed by atoms with E-state index in [0.29, 0.717) is 16.2 Å². The van der Waals surface area contributed by atoms with Gasteiger partial charge in [-0.25, -0.2) is 4.79 Å². The lowest BCUT2D eigenvalue weighted by molar-refractivity contribution is -0.147. The van der Waals surface area contributed by atoms with Gasteiger partial charge in [0.1, 0.15) is 5.75 Å². The summed E-state index contributed by atoms with van der Waals surface area (Å²) in [5, 5.41) is 11.0. The van der Waals surface area contributed by atoms with E-state index in [1.165, 1.54) is 11.3 Å². The number of thiophene rings is 1. The largest absolute Gasteiger partial charge is 0.478 e. The molecule has 1 unspecified atom stereocenters. The molecule has 2 rings (SSSR count). The summed E-state index contributed by atoms with van der Waals surface area (Å²) in [4.78, 5) is 24.0. The van der Waals surface area contributed by atoms with Crippen molar-refractivity contribution in [2.24, 2.45) is 0 Å². The molecule has 0 aliphatic rings. The molecule has 0 saturated heterocycles. The van der Waals surface area contributed by atoms with Crippen LogP contribution < -0.4 is 4.74 Å². The topological polar surface area (TPSA) is 63.6 Å². The third-order valence-corrected chi connectivity index (χ3v) is 4.85. The number of alkyl halides is 1. The van der Waals surface area contributed by atoms with Gasteiger partial charge in [0, 0.05) is 12.0 Å². The first-order valence-corrected chi connectivity index (χ1v) is 7.93. The summed E-state index contributed by atoms with van der Waals surface area (Å²) in [5.41, 5.74) is 0.539. The quantitative estimate of drug-likeness (QED) is 0.619. The Balaban J connectivity index is 2.16. The lowest BCUT2D eigenvalue weighted by Gasteiger charge is -2.22. The molecule has 0 aliphatic heterocycles. The maximum atomic E-state index is 12.1. The zero-order valence-electron chi connectivity index (χ0n) is 11.2. The average Bonchev–Trinajstić information content (AvgIpc) is 3.01. The Hall–Kier alpha value is -1.66. The van der Waals surface area contributed by atoms with Crippen LogP contribution in [0.4, 0.5) is 0 Å². The molecule has 0 spiro atoms. The Bertz CT molecular complexity index is 636. The molecule has 6 heteroatoms. The van der Waals surface area contributed by atoms with E-state index in [1.54, 1.807) is 37.3 Å². The summed E-state index contributed by atoms with van der Waals surface area (Å²) in [5.74, 6) is -0.766. The van der Waals surface area contributed by atoms with Crippen molar-refractivity contribution >= 4 is 39.0 Å². The van der Waals surface area contributed by atoms with Crippen LogP contribution in [-0.2, 0) is 4.79 Å². The minimum Gasteiger partial charge on any atom is -0.478 e. The monoisotopic (exact) mass is 368 g/mol. The van der Waals surface area contributed by atoms with Crippen LogP contribution in [0.3, 0.4) is 0 Å². The molecule has 4 nitrogen and oxygen atoms in total. The SMILES string of the molecule is CCC(Br)(Oc1ccc(C(=O)c2cccs2)cc1)C(=O)O. The van der Waals surface area contributed by atoms with Crippen LogP contribution in [-0.4, -0.2) is 21.4 Å². The molecule has 2 aromatic rings. The summed E-state index contributed by atoms with van der Waals surface area (Å²) in [6.45, 7) is 1.71. The van der Waals surface area contributed by atoms with E-state index in [2.05, 4.69) is 15.9 Å². The van der Waals surface area contributed by atoms with Crippen molar-refractivity contribution in [3.05, 3.63) is 52.2 Å². The zero-order chi connectivity index (χ0) is 15.5. The highest BCUT2D eigenvalue weighted by Crippen LogP contribution is 2.28. The fourth-order valence-electron chi connectivity index (χ4n) is 1.68. The lowest BCUT2D eigenvalue weighted by atomic mass is 10.1. The van der Waals surface area contributed by atoms with Gasteiger partial charge >= 0.3 is 5.97 Å². The van der Waals surface area contributed by atoms with Crippen LogP contribution in [0.2, 0.25) is 0 Å². The summed E-state index contributed by atoms with van der Waals surface area (Å²) >= 11 is 4.46. The van der Waals surface area contributed by atoms with Crippen molar-refractivity contribution in [3.63, 3.8) is 0 Å². The van der Waals surface area contributed by atoms with Crippen molar-refractivity contribution in [2.45, 2.75) is 17.9 Å². The van der Waals surface area contributed by atoms with Gasteiger partial charge in [0.05, 0.1) is 4.88 Å². The number of carbonyl (C=O) groups is 2. The van der Waals surface area contributed by atoms with Crippen molar-refractivity contribution in [1.29, 1.82) is 0 Å². The fraction of sp³-hybridized carbons (Fsp3) is 0.200. The molecule has 0 fully saturated rings. The first kappa shape index (κ1) is 15.7. The zero-order valence-corrected chi connectivity index (χ0v) is 13.6. The Kier molecular flexibility index (Phi) is 4.80. The number of ether oxygens (including phenoxy) is 1. The third-order valence-electron chi connectivity index (χ3n) is 2.92. The normalized spacial score (nSPS) is 13.4. The second-order valence-electron chi connectivity index (χ2n) is 4.32. The minimum absolute atomic E-state index is 0.0598. The van der Waals surface area contributed by atoms with E-state index in [-0.39, 0.29) is 12.2 Å². The van der Waals surface area contributed by atoms with Crippen molar-refractivity contribution in [2.75, 3.05) is 0 Å². The number of rotatable bonds is 6. The van der Waals surface area contributed by atoms with Crippen LogP contribution in [0.25, 0.3) is 0 Å². The van der Waals surface area contributed by atoms with Gasteiger partial charge in [-0.3, -0.25) is 4.79 Å². The summed E-state index contributed by atoms with van der Waals surface area (Å²) in [7, 11) is 0. The van der Waals surface area contributed by atoms with Gasteiger partial charge in [-0.15, -0.1) is 11.3 Å². The summed E-state index contributed by atoms with van der Waals surface area (Å²) < 4.78 is 3.99. The Labute approximate surface area is 134 Å². The molecule has 1 aromatic heterocycles. The van der Waals surface area contributed by atoms with Gasteiger partial charge in [0.25, 0.3) is 4.51 Å². The molecule has 1 heterocycles. The van der Waals surface area contributed by atoms with Crippen LogP contribution in [0.15, 0.2) is 41.8 Å². The number of carbonyl (C=O) groups excluding carboxylic acids is 1. The van der Waals surface area contributed by atoms with Crippen LogP contribution in [0.1, 0.15) is 28.6 Å². The number of carboxylic acid groups (broad SMARTS) is 1. The number of halogens is 1. The molecular formula is C15H13BrO4S. The first-order chi connectivity index (χ1) is 9.96. The van der Waals surface area contributed by atoms with E-state index in [0.717, 1.165) is 0 Å². The Morgan fingerprint density at radius 2 is 1.95 bits per heavy atom. The van der Waals surface area contributed by atoms with Gasteiger partial charge in [-0.2, -0.15) is 0 Å². The molecule has 0 bridgehead atoms.